The Morgan fingerprint density at radius 3 is 2.55 bits per heavy atom. The van der Waals surface area contributed by atoms with Gasteiger partial charge >= 0.3 is 11.8 Å². The van der Waals surface area contributed by atoms with Crippen molar-refractivity contribution in [1.29, 1.82) is 0 Å². The zero-order chi connectivity index (χ0) is 21.1. The SMILES string of the molecule is COCCCNC(=O)C(=O)N/N=C\c1ccc(OCc2ccc(Cl)cc2Cl)cc1. The minimum atomic E-state index is -0.835. The van der Waals surface area contributed by atoms with Crippen molar-refractivity contribution < 1.29 is 19.1 Å². The van der Waals surface area contributed by atoms with Gasteiger partial charge in [-0.2, -0.15) is 5.10 Å². The van der Waals surface area contributed by atoms with Gasteiger partial charge in [0.05, 0.1) is 6.21 Å². The summed E-state index contributed by atoms with van der Waals surface area (Å²) < 4.78 is 10.6. The summed E-state index contributed by atoms with van der Waals surface area (Å²) in [5.41, 5.74) is 3.72. The minimum absolute atomic E-state index is 0.305. The Balaban J connectivity index is 1.77. The molecule has 0 radical (unpaired) electrons. The van der Waals surface area contributed by atoms with E-state index in [1.807, 2.05) is 6.07 Å². The van der Waals surface area contributed by atoms with Gasteiger partial charge in [0.15, 0.2) is 0 Å². The third-order valence-electron chi connectivity index (χ3n) is 3.69. The molecule has 29 heavy (non-hydrogen) atoms. The summed E-state index contributed by atoms with van der Waals surface area (Å²) in [6, 6.07) is 12.3. The summed E-state index contributed by atoms with van der Waals surface area (Å²) in [4.78, 5) is 23.2. The molecule has 2 amide bonds. The normalized spacial score (nSPS) is 10.7. The molecule has 0 aliphatic carbocycles. The summed E-state index contributed by atoms with van der Waals surface area (Å²) in [5.74, 6) is -0.936. The third kappa shape index (κ3) is 8.11. The molecule has 154 valence electrons. The number of nitrogens with one attached hydrogen (secondary N) is 2. The topological polar surface area (TPSA) is 89.0 Å². The van der Waals surface area contributed by atoms with Gasteiger partial charge < -0.3 is 14.8 Å². The number of benzene rings is 2. The maximum Gasteiger partial charge on any atom is 0.329 e. The molecule has 0 spiro atoms. The van der Waals surface area contributed by atoms with Crippen molar-refractivity contribution in [3.8, 4) is 5.75 Å². The lowest BCUT2D eigenvalue weighted by molar-refractivity contribution is -0.139. The number of carbonyl (C=O) groups is 2. The van der Waals surface area contributed by atoms with Crippen LogP contribution in [0.1, 0.15) is 17.5 Å². The van der Waals surface area contributed by atoms with Gasteiger partial charge in [-0.05, 0) is 48.4 Å². The molecule has 2 rings (SSSR count). The molecule has 0 aliphatic heterocycles. The molecule has 0 aliphatic rings. The van der Waals surface area contributed by atoms with Crippen LogP contribution in [0.15, 0.2) is 47.6 Å². The van der Waals surface area contributed by atoms with E-state index in [0.29, 0.717) is 42.0 Å². The van der Waals surface area contributed by atoms with Gasteiger partial charge in [-0.15, -0.1) is 0 Å². The molecule has 7 nitrogen and oxygen atoms in total. The molecular formula is C20H21Cl2N3O4. The highest BCUT2D eigenvalue weighted by molar-refractivity contribution is 6.35. The fourth-order valence-electron chi connectivity index (χ4n) is 2.16. The molecule has 2 aromatic rings. The molecule has 0 heterocycles. The Morgan fingerprint density at radius 2 is 1.86 bits per heavy atom. The second kappa shape index (κ2) is 12.1. The molecular weight excluding hydrogens is 417 g/mol. The van der Waals surface area contributed by atoms with Gasteiger partial charge in [0, 0.05) is 35.9 Å². The molecule has 0 saturated carbocycles. The van der Waals surface area contributed by atoms with E-state index in [1.165, 1.54) is 6.21 Å². The number of ether oxygens (including phenoxy) is 2. The maximum atomic E-state index is 11.6. The third-order valence-corrected chi connectivity index (χ3v) is 4.27. The van der Waals surface area contributed by atoms with Crippen LogP contribution >= 0.6 is 23.2 Å². The Bertz CT molecular complexity index is 857. The molecule has 2 N–H and O–H groups in total. The average molecular weight is 438 g/mol. The van der Waals surface area contributed by atoms with E-state index in [-0.39, 0.29) is 0 Å². The van der Waals surface area contributed by atoms with Gasteiger partial charge in [0.25, 0.3) is 0 Å². The summed E-state index contributed by atoms with van der Waals surface area (Å²) in [6.45, 7) is 1.16. The lowest BCUT2D eigenvalue weighted by Gasteiger charge is -2.08. The molecule has 0 aromatic heterocycles. The van der Waals surface area contributed by atoms with Crippen molar-refractivity contribution in [3.05, 3.63) is 63.6 Å². The quantitative estimate of drug-likeness (QED) is 0.273. The molecule has 0 unspecified atom stereocenters. The Morgan fingerprint density at radius 1 is 1.10 bits per heavy atom. The predicted molar refractivity (Wildman–Crippen MR) is 112 cm³/mol. The van der Waals surface area contributed by atoms with Crippen LogP contribution in [-0.2, 0) is 20.9 Å². The van der Waals surface area contributed by atoms with Gasteiger partial charge in [-0.1, -0.05) is 29.3 Å². The Labute approximate surface area is 179 Å². The highest BCUT2D eigenvalue weighted by Gasteiger charge is 2.11. The van der Waals surface area contributed by atoms with Gasteiger partial charge in [0.1, 0.15) is 12.4 Å². The lowest BCUT2D eigenvalue weighted by atomic mass is 10.2. The first-order valence-electron chi connectivity index (χ1n) is 8.76. The number of rotatable bonds is 9. The highest BCUT2D eigenvalue weighted by Crippen LogP contribution is 2.22. The predicted octanol–water partition coefficient (Wildman–Crippen LogP) is 3.18. The number of halogens is 2. The van der Waals surface area contributed by atoms with Crippen LogP contribution in [0.25, 0.3) is 0 Å². The number of hydrogen-bond donors (Lipinski definition) is 2. The van der Waals surface area contributed by atoms with Crippen molar-refractivity contribution in [1.82, 2.24) is 10.7 Å². The second-order valence-corrected chi connectivity index (χ2v) is 6.74. The Kier molecular flexibility index (Phi) is 9.43. The monoisotopic (exact) mass is 437 g/mol. The number of amides is 2. The van der Waals surface area contributed by atoms with E-state index in [0.717, 1.165) is 11.1 Å². The average Bonchev–Trinajstić information content (AvgIpc) is 2.71. The first kappa shape index (κ1) is 22.7. The van der Waals surface area contributed by atoms with Gasteiger partial charge in [0.2, 0.25) is 0 Å². The van der Waals surface area contributed by atoms with Crippen LogP contribution in [0.4, 0.5) is 0 Å². The number of nitrogens with zero attached hydrogens (tertiary/aromatic N) is 1. The van der Waals surface area contributed by atoms with Crippen LogP contribution in [0, 0.1) is 0 Å². The number of hydrogen-bond acceptors (Lipinski definition) is 5. The number of hydrazone groups is 1. The van der Waals surface area contributed by atoms with E-state index in [9.17, 15) is 9.59 Å². The smallest absolute Gasteiger partial charge is 0.329 e. The summed E-state index contributed by atoms with van der Waals surface area (Å²) in [6.07, 6.45) is 2.05. The van der Waals surface area contributed by atoms with Crippen LogP contribution in [-0.4, -0.2) is 38.3 Å². The number of carbonyl (C=O) groups excluding carboxylic acids is 2. The van der Waals surface area contributed by atoms with Gasteiger partial charge in [-0.3, -0.25) is 9.59 Å². The molecule has 9 heteroatoms. The largest absolute Gasteiger partial charge is 0.489 e. The lowest BCUT2D eigenvalue weighted by Crippen LogP contribution is -2.38. The maximum absolute atomic E-state index is 11.6. The van der Waals surface area contributed by atoms with E-state index < -0.39 is 11.8 Å². The molecule has 0 fully saturated rings. The fraction of sp³-hybridized carbons (Fsp3) is 0.250. The molecule has 0 saturated heterocycles. The van der Waals surface area contributed by atoms with Crippen molar-refractivity contribution in [2.75, 3.05) is 20.3 Å². The van der Waals surface area contributed by atoms with Crippen molar-refractivity contribution in [2.24, 2.45) is 5.10 Å². The van der Waals surface area contributed by atoms with E-state index >= 15 is 0 Å². The van der Waals surface area contributed by atoms with E-state index in [2.05, 4.69) is 15.8 Å². The molecule has 2 aromatic carbocycles. The molecule has 0 atom stereocenters. The first-order chi connectivity index (χ1) is 14.0. The van der Waals surface area contributed by atoms with Crippen LogP contribution in [0.5, 0.6) is 5.75 Å². The zero-order valence-corrected chi connectivity index (χ0v) is 17.3. The zero-order valence-electron chi connectivity index (χ0n) is 15.8. The Hall–Kier alpha value is -2.61. The summed E-state index contributed by atoms with van der Waals surface area (Å²) in [7, 11) is 1.57. The summed E-state index contributed by atoms with van der Waals surface area (Å²) in [5, 5.41) is 7.35. The van der Waals surface area contributed by atoms with E-state index in [4.69, 9.17) is 32.7 Å². The van der Waals surface area contributed by atoms with Crippen molar-refractivity contribution in [3.63, 3.8) is 0 Å². The van der Waals surface area contributed by atoms with Gasteiger partial charge in [-0.25, -0.2) is 5.43 Å². The standard InChI is InChI=1S/C20H21Cl2N3O4/c1-28-10-2-9-23-19(26)20(27)25-24-12-14-3-7-17(8-4-14)29-13-15-5-6-16(21)11-18(15)22/h3-8,11-12H,2,9-10,13H2,1H3,(H,23,26)(H,25,27)/b24-12-. The van der Waals surface area contributed by atoms with Crippen LogP contribution < -0.4 is 15.5 Å². The highest BCUT2D eigenvalue weighted by atomic mass is 35.5. The van der Waals surface area contributed by atoms with E-state index in [1.54, 1.807) is 43.5 Å². The fourth-order valence-corrected chi connectivity index (χ4v) is 2.63. The van der Waals surface area contributed by atoms with Crippen LogP contribution in [0.2, 0.25) is 10.0 Å². The van der Waals surface area contributed by atoms with Crippen molar-refractivity contribution >= 4 is 41.2 Å². The van der Waals surface area contributed by atoms with Crippen molar-refractivity contribution in [2.45, 2.75) is 13.0 Å². The summed E-state index contributed by atoms with van der Waals surface area (Å²) >= 11 is 12.0. The first-order valence-corrected chi connectivity index (χ1v) is 9.52. The number of methoxy groups -OCH3 is 1. The second-order valence-electron chi connectivity index (χ2n) is 5.89. The minimum Gasteiger partial charge on any atom is -0.489 e. The van der Waals surface area contributed by atoms with Crippen LogP contribution in [0.3, 0.4) is 0 Å². The molecule has 0 bridgehead atoms.